The smallest absolute Gasteiger partial charge is 0.205 e. The molecule has 2 N–H and O–H groups in total. The van der Waals surface area contributed by atoms with E-state index >= 15 is 0 Å². The molecular weight excluding hydrogens is 516 g/mol. The Kier molecular flexibility index (Phi) is 8.98. The van der Waals surface area contributed by atoms with Crippen LogP contribution in [0.15, 0.2) is 42.7 Å². The molecule has 25 heavy (non-hydrogen) atoms. The van der Waals surface area contributed by atoms with Crippen LogP contribution in [0.4, 0.5) is 5.95 Å². The third kappa shape index (κ3) is 4.99. The van der Waals surface area contributed by atoms with Crippen LogP contribution in [0.1, 0.15) is 12.1 Å². The van der Waals surface area contributed by atoms with Crippen molar-refractivity contribution in [2.45, 2.75) is 19.0 Å². The average Bonchev–Trinajstić information content (AvgIpc) is 3.18. The number of fused-ring (bicyclic) bond motifs is 1. The first-order valence-corrected chi connectivity index (χ1v) is 7.58. The molecule has 1 atom stereocenters. The fourth-order valence-corrected chi connectivity index (χ4v) is 2.83. The van der Waals surface area contributed by atoms with Crippen LogP contribution in [-0.4, -0.2) is 38.7 Å². The Morgan fingerprint density at radius 3 is 2.64 bits per heavy atom. The molecule has 9 heteroatoms. The van der Waals surface area contributed by atoms with Gasteiger partial charge in [0.1, 0.15) is 5.52 Å². The summed E-state index contributed by atoms with van der Waals surface area (Å²) in [5.74, 6) is 0.869. The quantitative estimate of drug-likeness (QED) is 0.535. The van der Waals surface area contributed by atoms with Crippen molar-refractivity contribution >= 4 is 68.1 Å². The molecule has 0 bridgehead atoms. The first-order chi connectivity index (χ1) is 10.9. The van der Waals surface area contributed by atoms with E-state index in [1.807, 2.05) is 36.5 Å². The molecule has 0 amide bonds. The van der Waals surface area contributed by atoms with Gasteiger partial charge in [0.05, 0.1) is 12.2 Å². The normalized spacial score (nSPS) is 15.8. The standard InChI is InChI=1S/C16H18N6.3BrH/c1-2-7-18-13(4-1)11-22-15-14(5-3-8-19-15)21-16(22)20-12-6-9-17-10-12;;;/h1-5,7-8,12,17H,6,9-11H2,(H,20,21);3*1H. The van der Waals surface area contributed by atoms with Crippen molar-refractivity contribution in [1.29, 1.82) is 0 Å². The Morgan fingerprint density at radius 2 is 1.92 bits per heavy atom. The van der Waals surface area contributed by atoms with Crippen molar-refractivity contribution in [2.24, 2.45) is 0 Å². The van der Waals surface area contributed by atoms with Crippen LogP contribution in [0.25, 0.3) is 11.2 Å². The lowest BCUT2D eigenvalue weighted by molar-refractivity contribution is 0.739. The number of aromatic nitrogens is 4. The van der Waals surface area contributed by atoms with Crippen LogP contribution in [0.2, 0.25) is 0 Å². The first-order valence-electron chi connectivity index (χ1n) is 7.58. The average molecular weight is 537 g/mol. The topological polar surface area (TPSA) is 67.7 Å². The Labute approximate surface area is 178 Å². The molecule has 3 aromatic rings. The van der Waals surface area contributed by atoms with Crippen LogP contribution < -0.4 is 10.6 Å². The van der Waals surface area contributed by atoms with E-state index in [9.17, 15) is 0 Å². The van der Waals surface area contributed by atoms with E-state index in [1.165, 1.54) is 0 Å². The maximum Gasteiger partial charge on any atom is 0.205 e. The number of nitrogens with zero attached hydrogens (tertiary/aromatic N) is 4. The van der Waals surface area contributed by atoms with Gasteiger partial charge in [0, 0.05) is 25.0 Å². The Morgan fingerprint density at radius 1 is 1.08 bits per heavy atom. The maximum atomic E-state index is 4.71. The molecule has 4 rings (SSSR count). The van der Waals surface area contributed by atoms with E-state index in [0.29, 0.717) is 12.6 Å². The molecule has 1 unspecified atom stereocenters. The summed E-state index contributed by atoms with van der Waals surface area (Å²) >= 11 is 0. The number of hydrogen-bond acceptors (Lipinski definition) is 5. The van der Waals surface area contributed by atoms with Crippen molar-refractivity contribution in [3.05, 3.63) is 48.4 Å². The Bertz CT molecular complexity index is 774. The summed E-state index contributed by atoms with van der Waals surface area (Å²) in [5.41, 5.74) is 2.80. The van der Waals surface area contributed by atoms with Crippen LogP contribution in [0.3, 0.4) is 0 Å². The monoisotopic (exact) mass is 534 g/mol. The summed E-state index contributed by atoms with van der Waals surface area (Å²) in [6.07, 6.45) is 4.73. The van der Waals surface area contributed by atoms with Crippen molar-refractivity contribution in [2.75, 3.05) is 18.4 Å². The highest BCUT2D eigenvalue weighted by Gasteiger charge is 2.19. The molecule has 0 aliphatic carbocycles. The predicted octanol–water partition coefficient (Wildman–Crippen LogP) is 3.38. The molecule has 3 aromatic heterocycles. The van der Waals surface area contributed by atoms with Gasteiger partial charge in [0.25, 0.3) is 0 Å². The van der Waals surface area contributed by atoms with E-state index in [1.54, 1.807) is 6.20 Å². The van der Waals surface area contributed by atoms with E-state index in [0.717, 1.165) is 42.3 Å². The van der Waals surface area contributed by atoms with Crippen LogP contribution in [0, 0.1) is 0 Å². The van der Waals surface area contributed by atoms with Gasteiger partial charge in [-0.2, -0.15) is 0 Å². The summed E-state index contributed by atoms with van der Waals surface area (Å²) in [6.45, 7) is 2.69. The third-order valence-electron chi connectivity index (χ3n) is 3.94. The zero-order chi connectivity index (χ0) is 14.8. The van der Waals surface area contributed by atoms with Crippen LogP contribution in [0.5, 0.6) is 0 Å². The summed E-state index contributed by atoms with van der Waals surface area (Å²) in [7, 11) is 0. The second-order valence-electron chi connectivity index (χ2n) is 5.52. The lowest BCUT2D eigenvalue weighted by atomic mass is 10.3. The van der Waals surface area contributed by atoms with E-state index in [2.05, 4.69) is 25.2 Å². The summed E-state index contributed by atoms with van der Waals surface area (Å²) in [5, 5.41) is 6.91. The molecule has 1 saturated heterocycles. The second-order valence-corrected chi connectivity index (χ2v) is 5.52. The minimum absolute atomic E-state index is 0. The Hall–Kier alpha value is -1.03. The molecule has 1 fully saturated rings. The van der Waals surface area contributed by atoms with Gasteiger partial charge >= 0.3 is 0 Å². The molecule has 1 aliphatic heterocycles. The number of hydrogen-bond donors (Lipinski definition) is 2. The van der Waals surface area contributed by atoms with Gasteiger partial charge < -0.3 is 10.6 Å². The lowest BCUT2D eigenvalue weighted by Gasteiger charge is -2.14. The number of imidazole rings is 1. The number of rotatable bonds is 4. The van der Waals surface area contributed by atoms with E-state index in [-0.39, 0.29) is 50.9 Å². The molecule has 4 heterocycles. The molecule has 0 saturated carbocycles. The molecule has 1 aliphatic rings. The van der Waals surface area contributed by atoms with Gasteiger partial charge in [-0.15, -0.1) is 50.9 Å². The van der Waals surface area contributed by atoms with E-state index < -0.39 is 0 Å². The highest BCUT2D eigenvalue weighted by atomic mass is 79.9. The van der Waals surface area contributed by atoms with Crippen LogP contribution >= 0.6 is 50.9 Å². The van der Waals surface area contributed by atoms with Gasteiger partial charge in [-0.05, 0) is 37.2 Å². The third-order valence-corrected chi connectivity index (χ3v) is 3.94. The second kappa shape index (κ2) is 10.2. The molecule has 0 spiro atoms. The summed E-state index contributed by atoms with van der Waals surface area (Å²) < 4.78 is 2.11. The number of anilines is 1. The Balaban J connectivity index is 0.00000104. The molecule has 136 valence electrons. The molecule has 6 nitrogen and oxygen atoms in total. The van der Waals surface area contributed by atoms with Crippen molar-refractivity contribution in [1.82, 2.24) is 24.8 Å². The largest absolute Gasteiger partial charge is 0.352 e. The van der Waals surface area contributed by atoms with Crippen LogP contribution in [-0.2, 0) is 6.54 Å². The fourth-order valence-electron chi connectivity index (χ4n) is 2.83. The number of pyridine rings is 2. The summed E-state index contributed by atoms with van der Waals surface area (Å²) in [6, 6.07) is 10.3. The first kappa shape index (κ1) is 22.0. The highest BCUT2D eigenvalue weighted by molar-refractivity contribution is 8.93. The van der Waals surface area contributed by atoms with Gasteiger partial charge in [-0.25, -0.2) is 9.97 Å². The zero-order valence-electron chi connectivity index (χ0n) is 13.5. The minimum atomic E-state index is 0. The van der Waals surface area contributed by atoms with E-state index in [4.69, 9.17) is 4.98 Å². The lowest BCUT2D eigenvalue weighted by Crippen LogP contribution is -2.24. The molecular formula is C16H21Br3N6. The molecule has 0 aromatic carbocycles. The molecule has 0 radical (unpaired) electrons. The number of nitrogens with one attached hydrogen (secondary N) is 2. The van der Waals surface area contributed by atoms with Gasteiger partial charge in [0.15, 0.2) is 5.65 Å². The van der Waals surface area contributed by atoms with Crippen molar-refractivity contribution in [3.8, 4) is 0 Å². The van der Waals surface area contributed by atoms with Crippen molar-refractivity contribution < 1.29 is 0 Å². The van der Waals surface area contributed by atoms with Gasteiger partial charge in [0.2, 0.25) is 5.95 Å². The fraction of sp³-hybridized carbons (Fsp3) is 0.312. The number of halogens is 3. The summed E-state index contributed by atoms with van der Waals surface area (Å²) in [4.78, 5) is 13.6. The predicted molar refractivity (Wildman–Crippen MR) is 117 cm³/mol. The zero-order valence-corrected chi connectivity index (χ0v) is 18.6. The van der Waals surface area contributed by atoms with Gasteiger partial charge in [-0.1, -0.05) is 6.07 Å². The SMILES string of the molecule is Br.Br.Br.c1ccc(Cn2c(NC3CCNC3)nc3cccnc32)nc1. The maximum absolute atomic E-state index is 4.71. The minimum Gasteiger partial charge on any atom is -0.352 e. The van der Waals surface area contributed by atoms with Gasteiger partial charge in [-0.3, -0.25) is 9.55 Å². The highest BCUT2D eigenvalue weighted by Crippen LogP contribution is 2.20. The van der Waals surface area contributed by atoms with Crippen molar-refractivity contribution in [3.63, 3.8) is 0 Å².